The molecule has 80 heavy (non-hydrogen) atoms. The van der Waals surface area contributed by atoms with Crippen molar-refractivity contribution >= 4 is 80.7 Å². The summed E-state index contributed by atoms with van der Waals surface area (Å²) in [5.74, 6) is -7.17. The Balaban J connectivity index is 1.93. The molecule has 1 aliphatic carbocycles. The summed E-state index contributed by atoms with van der Waals surface area (Å²) in [7, 11) is 3.05. The van der Waals surface area contributed by atoms with E-state index < -0.39 is 145 Å². The van der Waals surface area contributed by atoms with Crippen LogP contribution in [0.4, 0.5) is 0 Å². The van der Waals surface area contributed by atoms with Crippen LogP contribution >= 0.6 is 21.6 Å². The molecular formula is C52H88N14O12S2. The predicted molar refractivity (Wildman–Crippen MR) is 304 cm³/mol. The molecule has 0 bridgehead atoms. The number of hydrogen-bond donors (Lipinski definition) is 16. The summed E-state index contributed by atoms with van der Waals surface area (Å²) in [4.78, 5) is 138. The summed E-state index contributed by atoms with van der Waals surface area (Å²) in [6.45, 7) is 4.47. The molecule has 1 aromatic carbocycles. The van der Waals surface area contributed by atoms with E-state index >= 15 is 0 Å². The molecule has 26 nitrogen and oxygen atoms in total. The number of rotatable bonds is 24. The van der Waals surface area contributed by atoms with Gasteiger partial charge in [-0.15, -0.1) is 0 Å². The molecule has 450 valence electrons. The minimum absolute atomic E-state index is 0.0650. The minimum atomic E-state index is -1.65. The Labute approximate surface area is 476 Å². The third kappa shape index (κ3) is 24.6. The van der Waals surface area contributed by atoms with Crippen LogP contribution in [-0.4, -0.2) is 180 Å². The summed E-state index contributed by atoms with van der Waals surface area (Å²) >= 11 is 0. The standard InChI is InChI=1S/C52H88N14O12S2/c1-29(2)25-39-49(75)62-35(15-20-53)45(71)61-37(17-22-55)48(74)66-42(30(3)67)51(77)57-23-18-38(47(73)60-36(16-21-54)46(72)64-40(50(76)63-39)26-33-13-9-6-10-14-33)59-41(69)27-58-52(78)43(31(4)68)65-44(70)34(56)28-80-79-24-19-32-11-7-5-8-12-32/h6,9-10,13-14,29-32,34-40,42-43,67-68H,5,7-8,11-12,15-28,53-56H2,1-4H3,(H,57,77)(H,58,78)(H,59,69)(H,60,73)(H,61,71)(H,62,75)(H,63,76)(H,64,72)(H,65,70)(H,66,74)/t30-,31-,34-,35+,36+,37+,38+,39+,40-,42+,43+/m1/s1. The van der Waals surface area contributed by atoms with Gasteiger partial charge in [0.15, 0.2) is 0 Å². The van der Waals surface area contributed by atoms with Crippen molar-refractivity contribution in [2.75, 3.05) is 44.2 Å². The van der Waals surface area contributed by atoms with Gasteiger partial charge < -0.3 is 86.3 Å². The molecule has 0 radical (unpaired) electrons. The number of nitrogens with one attached hydrogen (secondary N) is 10. The van der Waals surface area contributed by atoms with E-state index in [-0.39, 0.29) is 63.4 Å². The maximum atomic E-state index is 14.3. The maximum absolute atomic E-state index is 14.3. The van der Waals surface area contributed by atoms with E-state index in [4.69, 9.17) is 22.9 Å². The van der Waals surface area contributed by atoms with Crippen molar-refractivity contribution in [3.63, 3.8) is 0 Å². The van der Waals surface area contributed by atoms with Gasteiger partial charge in [-0.2, -0.15) is 0 Å². The van der Waals surface area contributed by atoms with Crippen LogP contribution in [0.15, 0.2) is 30.3 Å². The molecule has 11 atom stereocenters. The lowest BCUT2D eigenvalue weighted by molar-refractivity contribution is -0.136. The second kappa shape index (κ2) is 36.7. The number of hydrogen-bond acceptors (Lipinski definition) is 18. The highest BCUT2D eigenvalue weighted by Crippen LogP contribution is 2.30. The third-order valence-electron chi connectivity index (χ3n) is 13.5. The lowest BCUT2D eigenvalue weighted by Crippen LogP contribution is -2.61. The molecule has 10 amide bonds. The fraction of sp³-hybridized carbons (Fsp3) is 0.692. The van der Waals surface area contributed by atoms with Gasteiger partial charge in [0.25, 0.3) is 0 Å². The zero-order chi connectivity index (χ0) is 59.3. The Morgan fingerprint density at radius 2 is 1.16 bits per heavy atom. The summed E-state index contributed by atoms with van der Waals surface area (Å²) < 4.78 is 0. The summed E-state index contributed by atoms with van der Waals surface area (Å²) in [6.07, 6.45) is 3.44. The van der Waals surface area contributed by atoms with Crippen LogP contribution < -0.4 is 76.1 Å². The van der Waals surface area contributed by atoms with E-state index in [0.717, 1.165) is 12.2 Å². The van der Waals surface area contributed by atoms with E-state index in [1.165, 1.54) is 56.7 Å². The average molecular weight is 1170 g/mol. The van der Waals surface area contributed by atoms with Gasteiger partial charge in [0.2, 0.25) is 59.1 Å². The maximum Gasteiger partial charge on any atom is 0.245 e. The molecule has 1 heterocycles. The van der Waals surface area contributed by atoms with Crippen LogP contribution in [0.25, 0.3) is 0 Å². The molecule has 0 unspecified atom stereocenters. The molecule has 20 N–H and O–H groups in total. The molecule has 3 rings (SSSR count). The topological polar surface area (TPSA) is 436 Å². The summed E-state index contributed by atoms with van der Waals surface area (Å²) in [5, 5.41) is 46.5. The molecule has 2 aliphatic rings. The Morgan fingerprint density at radius 3 is 1.71 bits per heavy atom. The largest absolute Gasteiger partial charge is 0.391 e. The molecule has 2 fully saturated rings. The van der Waals surface area contributed by atoms with Crippen LogP contribution in [0, 0.1) is 11.8 Å². The lowest BCUT2D eigenvalue weighted by atomic mass is 9.88. The minimum Gasteiger partial charge on any atom is -0.391 e. The molecule has 1 saturated heterocycles. The first-order chi connectivity index (χ1) is 38.1. The second-order valence-electron chi connectivity index (χ2n) is 20.7. The van der Waals surface area contributed by atoms with Gasteiger partial charge >= 0.3 is 0 Å². The van der Waals surface area contributed by atoms with Crippen LogP contribution in [0.2, 0.25) is 0 Å². The first kappa shape index (κ1) is 68.7. The van der Waals surface area contributed by atoms with Crippen molar-refractivity contribution in [3.8, 4) is 0 Å². The fourth-order valence-electron chi connectivity index (χ4n) is 8.94. The Hall–Kier alpha value is -5.62. The molecular weight excluding hydrogens is 1080 g/mol. The zero-order valence-corrected chi connectivity index (χ0v) is 48.1. The van der Waals surface area contributed by atoms with E-state index in [0.29, 0.717) is 11.5 Å². The average Bonchev–Trinajstić information content (AvgIpc) is 3.41. The molecule has 0 spiro atoms. The third-order valence-corrected chi connectivity index (χ3v) is 15.9. The second-order valence-corrected chi connectivity index (χ2v) is 23.4. The summed E-state index contributed by atoms with van der Waals surface area (Å²) in [6, 6.07) is -3.99. The van der Waals surface area contributed by atoms with Crippen LogP contribution in [0.5, 0.6) is 0 Å². The van der Waals surface area contributed by atoms with Gasteiger partial charge in [-0.3, -0.25) is 47.9 Å². The van der Waals surface area contributed by atoms with Gasteiger partial charge in [-0.05, 0) is 89.4 Å². The van der Waals surface area contributed by atoms with Crippen LogP contribution in [0.3, 0.4) is 0 Å². The fourth-order valence-corrected chi connectivity index (χ4v) is 11.3. The van der Waals surface area contributed by atoms with Crippen molar-refractivity contribution in [1.82, 2.24) is 53.2 Å². The van der Waals surface area contributed by atoms with Crippen molar-refractivity contribution in [2.24, 2.45) is 34.8 Å². The SMILES string of the molecule is CC(C)C[C@@H]1NC(=O)[C@@H](Cc2ccccc2)NC(=O)[C@H](CCN)NC(=O)[C@@H](NC(=O)CNC(=O)[C@@H](NC(=O)[C@H](N)CSSCCC2CCCCC2)[C@@H](C)O)CCNC(=O)[C@H]([C@@H](C)O)NC(=O)[C@H](CCN)NC(=O)[C@H](CCN)NC1=O. The quantitative estimate of drug-likeness (QED) is 0.0350. The molecule has 1 saturated carbocycles. The zero-order valence-electron chi connectivity index (χ0n) is 46.4. The van der Waals surface area contributed by atoms with Gasteiger partial charge in [0.05, 0.1) is 24.8 Å². The smallest absolute Gasteiger partial charge is 0.245 e. The Bertz CT molecular complexity index is 2180. The first-order valence-corrected chi connectivity index (χ1v) is 30.0. The van der Waals surface area contributed by atoms with Crippen LogP contribution in [0.1, 0.15) is 104 Å². The highest BCUT2D eigenvalue weighted by Gasteiger charge is 2.36. The number of nitrogens with two attached hydrogens (primary N) is 4. The van der Waals surface area contributed by atoms with Gasteiger partial charge in [0, 0.05) is 24.5 Å². The number of carbonyl (C=O) groups is 10. The number of aliphatic hydroxyl groups is 2. The van der Waals surface area contributed by atoms with Crippen LogP contribution in [-0.2, 0) is 54.4 Å². The Kier molecular flexibility index (Phi) is 31.5. The highest BCUT2D eigenvalue weighted by atomic mass is 33.1. The molecule has 1 aromatic rings. The van der Waals surface area contributed by atoms with E-state index in [1.54, 1.807) is 55.0 Å². The monoisotopic (exact) mass is 1160 g/mol. The van der Waals surface area contributed by atoms with Gasteiger partial charge in [-0.1, -0.05) is 97.9 Å². The number of aliphatic hydroxyl groups excluding tert-OH is 2. The normalized spacial score (nSPS) is 24.2. The molecule has 1 aliphatic heterocycles. The van der Waals surface area contributed by atoms with Gasteiger partial charge in [0.1, 0.15) is 48.3 Å². The Morgan fingerprint density at radius 1 is 0.637 bits per heavy atom. The van der Waals surface area contributed by atoms with E-state index in [2.05, 4.69) is 53.2 Å². The molecule has 0 aromatic heterocycles. The highest BCUT2D eigenvalue weighted by molar-refractivity contribution is 8.76. The number of benzene rings is 1. The van der Waals surface area contributed by atoms with Crippen molar-refractivity contribution in [3.05, 3.63) is 35.9 Å². The molecule has 28 heteroatoms. The van der Waals surface area contributed by atoms with Crippen molar-refractivity contribution < 1.29 is 58.2 Å². The lowest BCUT2D eigenvalue weighted by Gasteiger charge is -2.28. The van der Waals surface area contributed by atoms with E-state index in [9.17, 15) is 58.2 Å². The van der Waals surface area contributed by atoms with Crippen molar-refractivity contribution in [2.45, 2.75) is 171 Å². The van der Waals surface area contributed by atoms with Crippen molar-refractivity contribution in [1.29, 1.82) is 0 Å². The number of amides is 10. The first-order valence-electron chi connectivity index (χ1n) is 27.6. The van der Waals surface area contributed by atoms with E-state index in [1.807, 2.05) is 0 Å². The summed E-state index contributed by atoms with van der Waals surface area (Å²) in [5.41, 5.74) is 24.3. The number of carbonyl (C=O) groups excluding carboxylic acids is 10. The van der Waals surface area contributed by atoms with Gasteiger partial charge in [-0.25, -0.2) is 0 Å². The predicted octanol–water partition coefficient (Wildman–Crippen LogP) is -3.72.